The zero-order valence-corrected chi connectivity index (χ0v) is 8.84. The van der Waals surface area contributed by atoms with E-state index in [1.807, 2.05) is 0 Å². The van der Waals surface area contributed by atoms with Gasteiger partial charge in [0.2, 0.25) is 0 Å². The lowest BCUT2D eigenvalue weighted by molar-refractivity contribution is -0.160. The number of ether oxygens (including phenoxy) is 2. The van der Waals surface area contributed by atoms with Gasteiger partial charge >= 0.3 is 17.9 Å². The summed E-state index contributed by atoms with van der Waals surface area (Å²) in [7, 11) is 0. The van der Waals surface area contributed by atoms with E-state index in [0.717, 1.165) is 6.92 Å². The van der Waals surface area contributed by atoms with E-state index in [-0.39, 0.29) is 19.4 Å². The maximum Gasteiger partial charge on any atom is 0.306 e. The van der Waals surface area contributed by atoms with Crippen LogP contribution in [-0.4, -0.2) is 47.4 Å². The summed E-state index contributed by atoms with van der Waals surface area (Å²) in [5.74, 6) is -2.41. The molecule has 1 unspecified atom stereocenters. The largest absolute Gasteiger partial charge is 0.481 e. The normalized spacial score (nSPS) is 11.6. The van der Waals surface area contributed by atoms with E-state index in [1.54, 1.807) is 0 Å². The first kappa shape index (κ1) is 14.4. The number of aliphatic hydroxyl groups is 1. The van der Waals surface area contributed by atoms with Crippen LogP contribution in [0.1, 0.15) is 19.8 Å². The quantitative estimate of drug-likeness (QED) is 0.561. The molecule has 16 heavy (non-hydrogen) atoms. The Kier molecular flexibility index (Phi) is 6.86. The Labute approximate surface area is 92.0 Å². The van der Waals surface area contributed by atoms with E-state index in [0.29, 0.717) is 0 Å². The molecule has 7 heteroatoms. The first-order valence-corrected chi connectivity index (χ1v) is 4.61. The Morgan fingerprint density at radius 3 is 2.31 bits per heavy atom. The number of hydrogen-bond donors (Lipinski definition) is 2. The summed E-state index contributed by atoms with van der Waals surface area (Å²) in [6, 6.07) is 0. The number of aliphatic carboxylic acids is 1. The number of esters is 2. The highest BCUT2D eigenvalue weighted by atomic mass is 16.6. The van der Waals surface area contributed by atoms with Crippen molar-refractivity contribution in [1.29, 1.82) is 0 Å². The molecule has 0 aromatic rings. The number of hydrogen-bond acceptors (Lipinski definition) is 6. The highest BCUT2D eigenvalue weighted by Gasteiger charge is 2.14. The van der Waals surface area contributed by atoms with Crippen molar-refractivity contribution in [3.8, 4) is 0 Å². The van der Waals surface area contributed by atoms with Crippen LogP contribution in [0.15, 0.2) is 0 Å². The van der Waals surface area contributed by atoms with E-state index < -0.39 is 30.6 Å². The van der Waals surface area contributed by atoms with Gasteiger partial charge in [-0.3, -0.25) is 14.4 Å². The van der Waals surface area contributed by atoms with Crippen LogP contribution < -0.4 is 0 Å². The molecule has 2 N–H and O–H groups in total. The second-order valence-electron chi connectivity index (χ2n) is 2.99. The van der Waals surface area contributed by atoms with E-state index >= 15 is 0 Å². The number of carbonyl (C=O) groups is 3. The third-order valence-corrected chi connectivity index (χ3v) is 1.51. The van der Waals surface area contributed by atoms with Gasteiger partial charge in [0, 0.05) is 6.92 Å². The lowest BCUT2D eigenvalue weighted by Gasteiger charge is -2.14. The van der Waals surface area contributed by atoms with Crippen LogP contribution in [0.4, 0.5) is 0 Å². The van der Waals surface area contributed by atoms with E-state index in [4.69, 9.17) is 10.2 Å². The fourth-order valence-electron chi connectivity index (χ4n) is 0.826. The molecule has 0 aliphatic heterocycles. The molecule has 0 spiro atoms. The van der Waals surface area contributed by atoms with Gasteiger partial charge in [-0.25, -0.2) is 0 Å². The van der Waals surface area contributed by atoms with Gasteiger partial charge in [0.05, 0.1) is 19.4 Å². The zero-order valence-electron chi connectivity index (χ0n) is 8.84. The fraction of sp³-hybridized carbons (Fsp3) is 0.667. The minimum absolute atomic E-state index is 0.256. The number of carboxylic acid groups (broad SMARTS) is 1. The number of rotatable bonds is 7. The van der Waals surface area contributed by atoms with Gasteiger partial charge < -0.3 is 19.7 Å². The Morgan fingerprint density at radius 2 is 1.88 bits per heavy atom. The van der Waals surface area contributed by atoms with Crippen molar-refractivity contribution < 1.29 is 34.1 Å². The van der Waals surface area contributed by atoms with Crippen molar-refractivity contribution in [1.82, 2.24) is 0 Å². The molecule has 0 fully saturated rings. The second kappa shape index (κ2) is 7.63. The van der Waals surface area contributed by atoms with Gasteiger partial charge in [0.1, 0.15) is 6.61 Å². The lowest BCUT2D eigenvalue weighted by Crippen LogP contribution is -2.27. The van der Waals surface area contributed by atoms with Gasteiger partial charge in [0.15, 0.2) is 6.10 Å². The Morgan fingerprint density at radius 1 is 1.25 bits per heavy atom. The first-order valence-electron chi connectivity index (χ1n) is 4.61. The second-order valence-corrected chi connectivity index (χ2v) is 2.99. The lowest BCUT2D eigenvalue weighted by atomic mass is 10.3. The Balaban J connectivity index is 3.79. The van der Waals surface area contributed by atoms with Crippen LogP contribution in [-0.2, 0) is 23.9 Å². The topological polar surface area (TPSA) is 110 Å². The molecule has 7 nitrogen and oxygen atoms in total. The van der Waals surface area contributed by atoms with Crippen molar-refractivity contribution in [2.24, 2.45) is 0 Å². The maximum atomic E-state index is 10.9. The molecular formula is C9H14O7. The van der Waals surface area contributed by atoms with Crippen molar-refractivity contribution in [3.05, 3.63) is 0 Å². The molecule has 1 atom stereocenters. The third kappa shape index (κ3) is 7.74. The molecule has 0 saturated heterocycles. The van der Waals surface area contributed by atoms with Gasteiger partial charge in [-0.15, -0.1) is 0 Å². The summed E-state index contributed by atoms with van der Waals surface area (Å²) < 4.78 is 9.20. The molecule has 0 bridgehead atoms. The van der Waals surface area contributed by atoms with Crippen LogP contribution in [0, 0.1) is 0 Å². The molecule has 0 aromatic carbocycles. The van der Waals surface area contributed by atoms with Crippen LogP contribution >= 0.6 is 0 Å². The average molecular weight is 234 g/mol. The van der Waals surface area contributed by atoms with E-state index in [1.165, 1.54) is 0 Å². The van der Waals surface area contributed by atoms with Gasteiger partial charge in [-0.1, -0.05) is 0 Å². The van der Waals surface area contributed by atoms with Crippen LogP contribution in [0.2, 0.25) is 0 Å². The molecule has 0 aliphatic rings. The molecular weight excluding hydrogens is 220 g/mol. The smallest absolute Gasteiger partial charge is 0.306 e. The van der Waals surface area contributed by atoms with Crippen LogP contribution in [0.25, 0.3) is 0 Å². The molecule has 0 amide bonds. The van der Waals surface area contributed by atoms with Gasteiger partial charge in [-0.2, -0.15) is 0 Å². The summed E-state index contributed by atoms with van der Waals surface area (Å²) in [6.45, 7) is 0.412. The minimum Gasteiger partial charge on any atom is -0.481 e. The predicted molar refractivity (Wildman–Crippen MR) is 50.5 cm³/mol. The van der Waals surface area contributed by atoms with Crippen LogP contribution in [0.3, 0.4) is 0 Å². The molecule has 92 valence electrons. The summed E-state index contributed by atoms with van der Waals surface area (Å²) in [5, 5.41) is 17.0. The van der Waals surface area contributed by atoms with Gasteiger partial charge in [0.25, 0.3) is 0 Å². The highest BCUT2D eigenvalue weighted by molar-refractivity contribution is 5.76. The average Bonchev–Trinajstić information content (AvgIpc) is 2.20. The molecule has 0 heterocycles. The maximum absolute atomic E-state index is 10.9. The summed E-state index contributed by atoms with van der Waals surface area (Å²) in [6.07, 6.45) is -1.49. The fourth-order valence-corrected chi connectivity index (χ4v) is 0.826. The number of carbonyl (C=O) groups excluding carboxylic acids is 2. The number of carboxylic acids is 1. The standard InChI is InChI=1S/C9H14O7/c1-6(11)16-7(4-10)5-15-9(14)3-2-8(12)13/h7,10H,2-5H2,1H3,(H,12,13). The zero-order chi connectivity index (χ0) is 12.6. The third-order valence-electron chi connectivity index (χ3n) is 1.51. The molecule has 0 radical (unpaired) electrons. The molecule has 0 rings (SSSR count). The summed E-state index contributed by atoms with van der Waals surface area (Å²) in [4.78, 5) is 31.6. The van der Waals surface area contributed by atoms with E-state index in [9.17, 15) is 14.4 Å². The first-order chi connectivity index (χ1) is 7.45. The Bertz CT molecular complexity index is 261. The summed E-state index contributed by atoms with van der Waals surface area (Å²) >= 11 is 0. The van der Waals surface area contributed by atoms with E-state index in [2.05, 4.69) is 9.47 Å². The van der Waals surface area contributed by atoms with Crippen molar-refractivity contribution >= 4 is 17.9 Å². The summed E-state index contributed by atoms with van der Waals surface area (Å²) in [5.41, 5.74) is 0. The SMILES string of the molecule is CC(=O)OC(CO)COC(=O)CCC(=O)O. The minimum atomic E-state index is -1.10. The van der Waals surface area contributed by atoms with Crippen molar-refractivity contribution in [3.63, 3.8) is 0 Å². The monoisotopic (exact) mass is 234 g/mol. The highest BCUT2D eigenvalue weighted by Crippen LogP contribution is 1.97. The van der Waals surface area contributed by atoms with Crippen LogP contribution in [0.5, 0.6) is 0 Å². The van der Waals surface area contributed by atoms with Gasteiger partial charge in [-0.05, 0) is 0 Å². The molecule has 0 saturated carbocycles. The molecule has 0 aliphatic carbocycles. The van der Waals surface area contributed by atoms with Crippen molar-refractivity contribution in [2.45, 2.75) is 25.9 Å². The number of aliphatic hydroxyl groups excluding tert-OH is 1. The van der Waals surface area contributed by atoms with Crippen molar-refractivity contribution in [2.75, 3.05) is 13.2 Å². The molecule has 0 aromatic heterocycles. The Hall–Kier alpha value is -1.63. The predicted octanol–water partition coefficient (Wildman–Crippen LogP) is -0.682.